The first-order valence-electron chi connectivity index (χ1n) is 12.7. The van der Waals surface area contributed by atoms with Gasteiger partial charge in [-0.05, 0) is 67.9 Å². The van der Waals surface area contributed by atoms with Crippen molar-refractivity contribution in [3.63, 3.8) is 0 Å². The number of amides is 1. The highest BCUT2D eigenvalue weighted by molar-refractivity contribution is 7.89. The third-order valence-corrected chi connectivity index (χ3v) is 9.96. The van der Waals surface area contributed by atoms with Crippen LogP contribution in [0.2, 0.25) is 0 Å². The van der Waals surface area contributed by atoms with E-state index in [2.05, 4.69) is 18.9 Å². The minimum Gasteiger partial charge on any atom is -0.338 e. The Morgan fingerprint density at radius 1 is 0.941 bits per heavy atom. The number of benzene rings is 1. The molecule has 2 aromatic rings. The molecule has 34 heavy (non-hydrogen) atoms. The molecule has 8 heteroatoms. The highest BCUT2D eigenvalue weighted by atomic mass is 32.2. The van der Waals surface area contributed by atoms with Gasteiger partial charge in [0.05, 0.1) is 22.3 Å². The second-order valence-corrected chi connectivity index (χ2v) is 12.6. The normalized spacial score (nSPS) is 26.9. The lowest BCUT2D eigenvalue weighted by Gasteiger charge is -2.38. The Bertz CT molecular complexity index is 1110. The van der Waals surface area contributed by atoms with Crippen molar-refractivity contribution in [3.05, 3.63) is 47.8 Å². The maximum absolute atomic E-state index is 13.4. The van der Waals surface area contributed by atoms with E-state index in [9.17, 15) is 13.2 Å². The molecule has 3 aliphatic heterocycles. The van der Waals surface area contributed by atoms with E-state index in [1.165, 1.54) is 6.42 Å². The summed E-state index contributed by atoms with van der Waals surface area (Å²) >= 11 is 0. The maximum Gasteiger partial charge on any atom is 0.257 e. The summed E-state index contributed by atoms with van der Waals surface area (Å²) in [7, 11) is -3.43. The molecule has 0 N–H and O–H groups in total. The van der Waals surface area contributed by atoms with Crippen molar-refractivity contribution in [2.24, 2.45) is 23.7 Å². The molecule has 0 bridgehead atoms. The molecule has 7 nitrogen and oxygen atoms in total. The Kier molecular flexibility index (Phi) is 6.55. The number of piperidine rings is 2. The van der Waals surface area contributed by atoms with Gasteiger partial charge < -0.3 is 4.90 Å². The second kappa shape index (κ2) is 9.46. The number of sulfonamides is 1. The number of likely N-dealkylation sites (tertiary alicyclic amines) is 1. The summed E-state index contributed by atoms with van der Waals surface area (Å²) in [6.07, 6.45) is 6.59. The average Bonchev–Trinajstić information content (AvgIpc) is 3.27. The van der Waals surface area contributed by atoms with E-state index in [0.717, 1.165) is 56.6 Å². The molecule has 2 fully saturated rings. The number of aryl methyl sites for hydroxylation is 1. The quantitative estimate of drug-likeness (QED) is 0.664. The average molecular weight is 485 g/mol. The molecule has 3 aliphatic rings. The van der Waals surface area contributed by atoms with Crippen molar-refractivity contribution >= 4 is 15.9 Å². The lowest BCUT2D eigenvalue weighted by atomic mass is 9.78. The van der Waals surface area contributed by atoms with Crippen LogP contribution in [0.1, 0.15) is 55.6 Å². The van der Waals surface area contributed by atoms with Gasteiger partial charge in [-0.3, -0.25) is 9.48 Å². The number of hydrogen-bond donors (Lipinski definition) is 0. The number of carbonyl (C=O) groups excluding carboxylic acids is 1. The third-order valence-electron chi connectivity index (χ3n) is 8.05. The lowest BCUT2D eigenvalue weighted by Crippen LogP contribution is -2.43. The Hall–Kier alpha value is -2.19. The molecule has 2 saturated heterocycles. The molecule has 5 rings (SSSR count). The fourth-order valence-electron chi connectivity index (χ4n) is 6.37. The summed E-state index contributed by atoms with van der Waals surface area (Å²) in [6, 6.07) is 8.73. The lowest BCUT2D eigenvalue weighted by molar-refractivity contribution is 0.0620. The molecule has 0 radical (unpaired) electrons. The number of fused-ring (bicyclic) bond motifs is 1. The van der Waals surface area contributed by atoms with Crippen LogP contribution < -0.4 is 0 Å². The molecule has 1 aromatic carbocycles. The Morgan fingerprint density at radius 2 is 1.59 bits per heavy atom. The fraction of sp³-hybridized carbons (Fsp3) is 0.615. The first kappa shape index (κ1) is 23.5. The SMILES string of the molecule is CC1CC(C)CN(C(=O)c2cnn3c2CC(C2CCN(S(=O)(=O)c4ccccc4)CC2)CC3)C1. The molecule has 1 aromatic heterocycles. The predicted octanol–water partition coefficient (Wildman–Crippen LogP) is 3.66. The van der Waals surface area contributed by atoms with Crippen molar-refractivity contribution in [3.8, 4) is 0 Å². The molecule has 3 unspecified atom stereocenters. The molecular weight excluding hydrogens is 448 g/mol. The summed E-state index contributed by atoms with van der Waals surface area (Å²) < 4.78 is 29.6. The van der Waals surface area contributed by atoms with Crippen LogP contribution in [0.3, 0.4) is 0 Å². The van der Waals surface area contributed by atoms with Gasteiger partial charge in [-0.1, -0.05) is 32.0 Å². The van der Waals surface area contributed by atoms with Crippen LogP contribution >= 0.6 is 0 Å². The highest BCUT2D eigenvalue weighted by Crippen LogP contribution is 2.36. The Balaban J connectivity index is 1.25. The smallest absolute Gasteiger partial charge is 0.257 e. The van der Waals surface area contributed by atoms with Crippen LogP contribution in [-0.2, 0) is 23.0 Å². The first-order valence-corrected chi connectivity index (χ1v) is 14.2. The fourth-order valence-corrected chi connectivity index (χ4v) is 7.86. The Morgan fingerprint density at radius 3 is 2.26 bits per heavy atom. The van der Waals surface area contributed by atoms with Crippen LogP contribution in [0.25, 0.3) is 0 Å². The molecule has 184 valence electrons. The third kappa shape index (κ3) is 4.54. The molecule has 3 atom stereocenters. The highest BCUT2D eigenvalue weighted by Gasteiger charge is 2.36. The van der Waals surface area contributed by atoms with Crippen molar-refractivity contribution in [2.45, 2.75) is 57.4 Å². The van der Waals surface area contributed by atoms with E-state index in [4.69, 9.17) is 0 Å². The summed E-state index contributed by atoms with van der Waals surface area (Å²) in [5.74, 6) is 2.14. The summed E-state index contributed by atoms with van der Waals surface area (Å²) in [4.78, 5) is 15.8. The van der Waals surface area contributed by atoms with Gasteiger partial charge in [0.1, 0.15) is 0 Å². The van der Waals surface area contributed by atoms with Gasteiger partial charge in [0.25, 0.3) is 5.91 Å². The predicted molar refractivity (Wildman–Crippen MR) is 131 cm³/mol. The van der Waals surface area contributed by atoms with Crippen LogP contribution in [0.5, 0.6) is 0 Å². The van der Waals surface area contributed by atoms with Gasteiger partial charge in [-0.2, -0.15) is 9.40 Å². The molecule has 4 heterocycles. The van der Waals surface area contributed by atoms with Crippen LogP contribution in [0.15, 0.2) is 41.4 Å². The zero-order valence-corrected chi connectivity index (χ0v) is 21.1. The van der Waals surface area contributed by atoms with Crippen LogP contribution in [0, 0.1) is 23.7 Å². The van der Waals surface area contributed by atoms with Crippen LogP contribution in [0.4, 0.5) is 0 Å². The minimum absolute atomic E-state index is 0.129. The number of aromatic nitrogens is 2. The second-order valence-electron chi connectivity index (χ2n) is 10.7. The van der Waals surface area contributed by atoms with E-state index < -0.39 is 10.0 Å². The maximum atomic E-state index is 13.4. The standard InChI is InChI=1S/C26H36N4O3S/c1-19-14-20(2)18-28(17-19)26(31)24-16-27-30-13-10-22(15-25(24)30)21-8-11-29(12-9-21)34(32,33)23-6-4-3-5-7-23/h3-7,16,19-22H,8-15,17-18H2,1-2H3. The minimum atomic E-state index is -3.43. The molecule has 0 spiro atoms. The zero-order chi connectivity index (χ0) is 23.9. The van der Waals surface area contributed by atoms with Gasteiger partial charge in [0.15, 0.2) is 0 Å². The van der Waals surface area contributed by atoms with Crippen LogP contribution in [-0.4, -0.2) is 59.5 Å². The number of carbonyl (C=O) groups is 1. The number of hydrogen-bond acceptors (Lipinski definition) is 4. The number of rotatable bonds is 4. The van der Waals surface area contributed by atoms with E-state index in [-0.39, 0.29) is 5.91 Å². The van der Waals surface area contributed by atoms with Gasteiger partial charge in [-0.15, -0.1) is 0 Å². The monoisotopic (exact) mass is 484 g/mol. The summed E-state index contributed by atoms with van der Waals surface area (Å²) in [6.45, 7) is 8.06. The van der Waals surface area contributed by atoms with Gasteiger partial charge in [0, 0.05) is 32.7 Å². The summed E-state index contributed by atoms with van der Waals surface area (Å²) in [5, 5.41) is 4.55. The van der Waals surface area contributed by atoms with Crippen molar-refractivity contribution in [1.82, 2.24) is 19.0 Å². The largest absolute Gasteiger partial charge is 0.338 e. The van der Waals surface area contributed by atoms with Crippen molar-refractivity contribution in [1.29, 1.82) is 0 Å². The van der Waals surface area contributed by atoms with E-state index in [1.807, 2.05) is 15.6 Å². The molecule has 0 saturated carbocycles. The zero-order valence-electron chi connectivity index (χ0n) is 20.3. The Labute approximate surface area is 203 Å². The van der Waals surface area contributed by atoms with E-state index in [0.29, 0.717) is 41.7 Å². The van der Waals surface area contributed by atoms with E-state index >= 15 is 0 Å². The van der Waals surface area contributed by atoms with Gasteiger partial charge >= 0.3 is 0 Å². The molecule has 1 amide bonds. The molecular formula is C26H36N4O3S. The topological polar surface area (TPSA) is 75.5 Å². The summed E-state index contributed by atoms with van der Waals surface area (Å²) in [5.41, 5.74) is 1.85. The van der Waals surface area contributed by atoms with Crippen molar-refractivity contribution in [2.75, 3.05) is 26.2 Å². The molecule has 0 aliphatic carbocycles. The van der Waals surface area contributed by atoms with E-state index in [1.54, 1.807) is 34.8 Å². The first-order chi connectivity index (χ1) is 16.3. The number of nitrogens with zero attached hydrogens (tertiary/aromatic N) is 4. The van der Waals surface area contributed by atoms with Gasteiger partial charge in [0.2, 0.25) is 10.0 Å². The van der Waals surface area contributed by atoms with Gasteiger partial charge in [-0.25, -0.2) is 8.42 Å². The van der Waals surface area contributed by atoms with Crippen molar-refractivity contribution < 1.29 is 13.2 Å².